The van der Waals surface area contributed by atoms with Gasteiger partial charge in [-0.15, -0.1) is 0 Å². The van der Waals surface area contributed by atoms with Crippen LogP contribution in [0, 0.1) is 0 Å². The summed E-state index contributed by atoms with van der Waals surface area (Å²) in [4.78, 5) is 9.84. The Bertz CT molecular complexity index is 529. The van der Waals surface area contributed by atoms with E-state index in [0.29, 0.717) is 17.2 Å². The molecule has 0 amide bonds. The lowest BCUT2D eigenvalue weighted by Gasteiger charge is -2.14. The summed E-state index contributed by atoms with van der Waals surface area (Å²) in [6, 6.07) is 7.64. The molecule has 0 unspecified atom stereocenters. The van der Waals surface area contributed by atoms with Gasteiger partial charge in [-0.1, -0.05) is 6.07 Å². The van der Waals surface area contributed by atoms with Gasteiger partial charge in [-0.05, 0) is 12.1 Å². The van der Waals surface area contributed by atoms with Crippen molar-refractivity contribution in [1.82, 2.24) is 9.97 Å². The molecule has 0 radical (unpaired) electrons. The fourth-order valence-electron chi connectivity index (χ4n) is 1.48. The molecule has 2 rings (SSSR count). The van der Waals surface area contributed by atoms with E-state index in [-0.39, 0.29) is 6.61 Å². The minimum absolute atomic E-state index is 0.149. The third-order valence-corrected chi connectivity index (χ3v) is 2.47. The van der Waals surface area contributed by atoms with Crippen LogP contribution >= 0.6 is 0 Å². The standard InChI is InChI=1S/C13H15N3O2/c1-16(2)11-4-3-5-12(6-11)18-13-10(8-17)7-14-9-15-13/h3-7,9,17H,8H2,1-2H3. The van der Waals surface area contributed by atoms with E-state index in [1.165, 1.54) is 12.5 Å². The number of hydrogen-bond acceptors (Lipinski definition) is 5. The average Bonchev–Trinajstić information content (AvgIpc) is 2.39. The Kier molecular flexibility index (Phi) is 3.74. The van der Waals surface area contributed by atoms with Crippen molar-refractivity contribution >= 4 is 5.69 Å². The highest BCUT2D eigenvalue weighted by Crippen LogP contribution is 2.25. The first-order valence-electron chi connectivity index (χ1n) is 5.55. The van der Waals surface area contributed by atoms with Gasteiger partial charge in [0, 0.05) is 32.0 Å². The zero-order chi connectivity index (χ0) is 13.0. The molecule has 5 nitrogen and oxygen atoms in total. The quantitative estimate of drug-likeness (QED) is 0.890. The van der Waals surface area contributed by atoms with Crippen molar-refractivity contribution in [2.24, 2.45) is 0 Å². The molecule has 0 saturated carbocycles. The number of aliphatic hydroxyl groups is 1. The number of ether oxygens (including phenoxy) is 1. The molecule has 0 aliphatic heterocycles. The zero-order valence-electron chi connectivity index (χ0n) is 10.4. The van der Waals surface area contributed by atoms with Crippen LogP contribution in [-0.2, 0) is 6.61 Å². The summed E-state index contributed by atoms with van der Waals surface area (Å²) in [6.45, 7) is -0.149. The van der Waals surface area contributed by atoms with Gasteiger partial charge in [-0.3, -0.25) is 0 Å². The smallest absolute Gasteiger partial charge is 0.227 e. The Labute approximate surface area is 106 Å². The van der Waals surface area contributed by atoms with Crippen LogP contribution < -0.4 is 9.64 Å². The lowest BCUT2D eigenvalue weighted by Crippen LogP contribution is -2.08. The van der Waals surface area contributed by atoms with Gasteiger partial charge in [-0.2, -0.15) is 0 Å². The number of anilines is 1. The molecule has 94 valence electrons. The van der Waals surface area contributed by atoms with Crippen LogP contribution in [0.1, 0.15) is 5.56 Å². The van der Waals surface area contributed by atoms with Crippen molar-refractivity contribution in [2.45, 2.75) is 6.61 Å². The third kappa shape index (κ3) is 2.75. The molecular formula is C13H15N3O2. The topological polar surface area (TPSA) is 58.5 Å². The second-order valence-electron chi connectivity index (χ2n) is 4.01. The van der Waals surface area contributed by atoms with Crippen LogP contribution in [0.3, 0.4) is 0 Å². The van der Waals surface area contributed by atoms with Crippen LogP contribution in [0.4, 0.5) is 5.69 Å². The largest absolute Gasteiger partial charge is 0.438 e. The molecule has 1 aromatic heterocycles. The minimum atomic E-state index is -0.149. The molecule has 0 aliphatic rings. The van der Waals surface area contributed by atoms with Gasteiger partial charge in [0.2, 0.25) is 5.88 Å². The second-order valence-corrected chi connectivity index (χ2v) is 4.01. The summed E-state index contributed by atoms with van der Waals surface area (Å²) in [5, 5.41) is 9.17. The molecular weight excluding hydrogens is 230 g/mol. The first-order chi connectivity index (χ1) is 8.70. The lowest BCUT2D eigenvalue weighted by atomic mass is 10.3. The highest BCUT2D eigenvalue weighted by Gasteiger charge is 2.06. The van der Waals surface area contributed by atoms with E-state index in [1.54, 1.807) is 0 Å². The summed E-state index contributed by atoms with van der Waals surface area (Å²) >= 11 is 0. The van der Waals surface area contributed by atoms with Gasteiger partial charge in [0.05, 0.1) is 12.2 Å². The molecule has 0 fully saturated rings. The van der Waals surface area contributed by atoms with Crippen molar-refractivity contribution in [3.63, 3.8) is 0 Å². The van der Waals surface area contributed by atoms with E-state index in [0.717, 1.165) is 5.69 Å². The maximum Gasteiger partial charge on any atom is 0.227 e. The second kappa shape index (κ2) is 5.46. The number of hydrogen-bond donors (Lipinski definition) is 1. The zero-order valence-corrected chi connectivity index (χ0v) is 10.4. The van der Waals surface area contributed by atoms with Crippen LogP contribution in [0.15, 0.2) is 36.8 Å². The van der Waals surface area contributed by atoms with Crippen molar-refractivity contribution in [1.29, 1.82) is 0 Å². The lowest BCUT2D eigenvalue weighted by molar-refractivity contribution is 0.274. The van der Waals surface area contributed by atoms with Crippen LogP contribution in [0.5, 0.6) is 11.6 Å². The van der Waals surface area contributed by atoms with Gasteiger partial charge in [0.1, 0.15) is 12.1 Å². The molecule has 0 bridgehead atoms. The van der Waals surface area contributed by atoms with Gasteiger partial charge in [0.25, 0.3) is 0 Å². The molecule has 0 aliphatic carbocycles. The summed E-state index contributed by atoms with van der Waals surface area (Å²) in [7, 11) is 3.92. The molecule has 1 N–H and O–H groups in total. The maximum atomic E-state index is 9.17. The number of benzene rings is 1. The minimum Gasteiger partial charge on any atom is -0.438 e. The number of aliphatic hydroxyl groups excluding tert-OH is 1. The molecule has 1 heterocycles. The predicted octanol–water partition coefficient (Wildman–Crippen LogP) is 1.83. The highest BCUT2D eigenvalue weighted by atomic mass is 16.5. The van der Waals surface area contributed by atoms with Crippen LogP contribution in [0.2, 0.25) is 0 Å². The normalized spacial score (nSPS) is 10.2. The molecule has 0 saturated heterocycles. The maximum absolute atomic E-state index is 9.17. The summed E-state index contributed by atoms with van der Waals surface area (Å²) in [5.41, 5.74) is 1.60. The van der Waals surface area contributed by atoms with E-state index >= 15 is 0 Å². The Balaban J connectivity index is 2.25. The SMILES string of the molecule is CN(C)c1cccc(Oc2ncncc2CO)c1. The van der Waals surface area contributed by atoms with Crippen LogP contribution in [0.25, 0.3) is 0 Å². The first kappa shape index (κ1) is 12.3. The predicted molar refractivity (Wildman–Crippen MR) is 68.8 cm³/mol. The number of rotatable bonds is 4. The molecule has 5 heteroatoms. The Morgan fingerprint density at radius 3 is 2.89 bits per heavy atom. The highest BCUT2D eigenvalue weighted by molar-refractivity contribution is 5.50. The van der Waals surface area contributed by atoms with E-state index < -0.39 is 0 Å². The summed E-state index contributed by atoms with van der Waals surface area (Å²) in [5.74, 6) is 1.05. The van der Waals surface area contributed by atoms with Gasteiger partial charge in [0.15, 0.2) is 0 Å². The molecule has 2 aromatic rings. The molecule has 18 heavy (non-hydrogen) atoms. The Hall–Kier alpha value is -2.14. The number of nitrogens with zero attached hydrogens (tertiary/aromatic N) is 3. The third-order valence-electron chi connectivity index (χ3n) is 2.47. The van der Waals surface area contributed by atoms with Crippen molar-refractivity contribution in [2.75, 3.05) is 19.0 Å². The first-order valence-corrected chi connectivity index (χ1v) is 5.55. The van der Waals surface area contributed by atoms with Crippen molar-refractivity contribution in [3.05, 3.63) is 42.4 Å². The van der Waals surface area contributed by atoms with E-state index in [4.69, 9.17) is 4.74 Å². The molecule has 0 spiro atoms. The van der Waals surface area contributed by atoms with Gasteiger partial charge >= 0.3 is 0 Å². The van der Waals surface area contributed by atoms with Crippen molar-refractivity contribution < 1.29 is 9.84 Å². The fourth-order valence-corrected chi connectivity index (χ4v) is 1.48. The summed E-state index contributed by atoms with van der Waals surface area (Å²) < 4.78 is 5.65. The molecule has 0 atom stereocenters. The van der Waals surface area contributed by atoms with Gasteiger partial charge in [-0.25, -0.2) is 9.97 Å². The number of aromatic nitrogens is 2. The van der Waals surface area contributed by atoms with E-state index in [1.807, 2.05) is 43.3 Å². The Morgan fingerprint density at radius 1 is 1.33 bits per heavy atom. The Morgan fingerprint density at radius 2 is 2.17 bits per heavy atom. The average molecular weight is 245 g/mol. The van der Waals surface area contributed by atoms with Crippen LogP contribution in [-0.4, -0.2) is 29.2 Å². The van der Waals surface area contributed by atoms with Crippen molar-refractivity contribution in [3.8, 4) is 11.6 Å². The fraction of sp³-hybridized carbons (Fsp3) is 0.231. The van der Waals surface area contributed by atoms with E-state index in [9.17, 15) is 5.11 Å². The molecule has 1 aromatic carbocycles. The van der Waals surface area contributed by atoms with E-state index in [2.05, 4.69) is 9.97 Å². The van der Waals surface area contributed by atoms with Gasteiger partial charge < -0.3 is 14.7 Å². The summed E-state index contributed by atoms with van der Waals surface area (Å²) in [6.07, 6.45) is 2.93. The monoisotopic (exact) mass is 245 g/mol.